The molecule has 110 valence electrons. The Bertz CT molecular complexity index is 448. The van der Waals surface area contributed by atoms with E-state index in [1.807, 2.05) is 7.05 Å². The quantitative estimate of drug-likeness (QED) is 0.873. The second kappa shape index (κ2) is 6.57. The number of hydrogen-bond acceptors (Lipinski definition) is 4. The Morgan fingerprint density at radius 2 is 2.30 bits per heavy atom. The number of morpholine rings is 1. The molecular formula is C16H24N2O2. The largest absolute Gasteiger partial charge is 0.493 e. The molecule has 1 aromatic carbocycles. The van der Waals surface area contributed by atoms with E-state index in [9.17, 15) is 0 Å². The van der Waals surface area contributed by atoms with Gasteiger partial charge in [-0.15, -0.1) is 0 Å². The van der Waals surface area contributed by atoms with Gasteiger partial charge in [0, 0.05) is 32.1 Å². The number of rotatable bonds is 5. The molecule has 20 heavy (non-hydrogen) atoms. The highest BCUT2D eigenvalue weighted by Crippen LogP contribution is 2.26. The highest BCUT2D eigenvalue weighted by Gasteiger charge is 2.22. The second-order valence-electron chi connectivity index (χ2n) is 5.61. The summed E-state index contributed by atoms with van der Waals surface area (Å²) in [5.74, 6) is 1.08. The van der Waals surface area contributed by atoms with Gasteiger partial charge in [0.25, 0.3) is 0 Å². The fourth-order valence-corrected chi connectivity index (χ4v) is 3.08. The third-order valence-corrected chi connectivity index (χ3v) is 4.23. The molecule has 0 spiro atoms. The summed E-state index contributed by atoms with van der Waals surface area (Å²) >= 11 is 0. The van der Waals surface area contributed by atoms with Crippen molar-refractivity contribution in [2.24, 2.45) is 0 Å². The number of hydrogen-bond donors (Lipinski definition) is 1. The van der Waals surface area contributed by atoms with Gasteiger partial charge in [0.1, 0.15) is 5.75 Å². The summed E-state index contributed by atoms with van der Waals surface area (Å²) in [6, 6.07) is 7.15. The van der Waals surface area contributed by atoms with Crippen LogP contribution in [0.4, 0.5) is 0 Å². The lowest BCUT2D eigenvalue weighted by molar-refractivity contribution is -0.00556. The van der Waals surface area contributed by atoms with Crippen LogP contribution in [0.5, 0.6) is 5.75 Å². The summed E-state index contributed by atoms with van der Waals surface area (Å²) in [7, 11) is 2.01. The van der Waals surface area contributed by atoms with Crippen LogP contribution in [0.1, 0.15) is 11.1 Å². The van der Waals surface area contributed by atoms with E-state index >= 15 is 0 Å². The van der Waals surface area contributed by atoms with Crippen LogP contribution in [-0.2, 0) is 17.6 Å². The minimum atomic E-state index is 0.506. The van der Waals surface area contributed by atoms with Crippen LogP contribution in [0.2, 0.25) is 0 Å². The van der Waals surface area contributed by atoms with Crippen molar-refractivity contribution >= 4 is 0 Å². The standard InChI is InChI=1S/C16H24N2O2/c1-17-11-15-12-19-9-7-18(15)6-4-13-2-3-16-14(10-13)5-8-20-16/h2-3,10,15,17H,4-9,11-12H2,1H3. The van der Waals surface area contributed by atoms with Crippen molar-refractivity contribution in [2.45, 2.75) is 18.9 Å². The van der Waals surface area contributed by atoms with Crippen molar-refractivity contribution in [3.63, 3.8) is 0 Å². The van der Waals surface area contributed by atoms with Crippen LogP contribution in [0.3, 0.4) is 0 Å². The second-order valence-corrected chi connectivity index (χ2v) is 5.61. The molecule has 4 heteroatoms. The van der Waals surface area contributed by atoms with Crippen LogP contribution in [-0.4, -0.2) is 57.4 Å². The molecule has 1 unspecified atom stereocenters. The third kappa shape index (κ3) is 3.14. The smallest absolute Gasteiger partial charge is 0.122 e. The molecular weight excluding hydrogens is 252 g/mol. The Hall–Kier alpha value is -1.10. The monoisotopic (exact) mass is 276 g/mol. The zero-order chi connectivity index (χ0) is 13.8. The lowest BCUT2D eigenvalue weighted by atomic mass is 10.1. The Morgan fingerprint density at radius 3 is 3.20 bits per heavy atom. The summed E-state index contributed by atoms with van der Waals surface area (Å²) in [5.41, 5.74) is 2.79. The van der Waals surface area contributed by atoms with Crippen molar-refractivity contribution in [1.82, 2.24) is 10.2 Å². The lowest BCUT2D eigenvalue weighted by Gasteiger charge is -2.35. The third-order valence-electron chi connectivity index (χ3n) is 4.23. The predicted molar refractivity (Wildman–Crippen MR) is 79.5 cm³/mol. The van der Waals surface area contributed by atoms with E-state index in [0.29, 0.717) is 6.04 Å². The molecule has 1 aromatic rings. The van der Waals surface area contributed by atoms with E-state index < -0.39 is 0 Å². The first-order valence-corrected chi connectivity index (χ1v) is 7.58. The predicted octanol–water partition coefficient (Wildman–Crippen LogP) is 1.08. The van der Waals surface area contributed by atoms with Gasteiger partial charge in [-0.25, -0.2) is 0 Å². The fourth-order valence-electron chi connectivity index (χ4n) is 3.08. The van der Waals surface area contributed by atoms with Gasteiger partial charge in [0.05, 0.1) is 19.8 Å². The molecule has 2 aliphatic rings. The Kier molecular flexibility index (Phi) is 4.55. The lowest BCUT2D eigenvalue weighted by Crippen LogP contribution is -2.50. The Balaban J connectivity index is 1.57. The maximum atomic E-state index is 5.58. The number of fused-ring (bicyclic) bond motifs is 1. The number of likely N-dealkylation sites (N-methyl/N-ethyl adjacent to an activating group) is 1. The van der Waals surface area contributed by atoms with E-state index in [0.717, 1.165) is 58.0 Å². The van der Waals surface area contributed by atoms with Gasteiger partial charge in [0.2, 0.25) is 0 Å². The normalized spacial score (nSPS) is 22.6. The average Bonchev–Trinajstić information content (AvgIpc) is 2.94. The van der Waals surface area contributed by atoms with E-state index in [1.165, 1.54) is 11.1 Å². The summed E-state index contributed by atoms with van der Waals surface area (Å²) in [4.78, 5) is 2.55. The van der Waals surface area contributed by atoms with Crippen molar-refractivity contribution in [1.29, 1.82) is 0 Å². The average molecular weight is 276 g/mol. The fraction of sp³-hybridized carbons (Fsp3) is 0.625. The van der Waals surface area contributed by atoms with Gasteiger partial charge >= 0.3 is 0 Å². The maximum Gasteiger partial charge on any atom is 0.122 e. The summed E-state index contributed by atoms with van der Waals surface area (Å²) in [6.45, 7) is 5.69. The van der Waals surface area contributed by atoms with E-state index in [4.69, 9.17) is 9.47 Å². The molecule has 0 aliphatic carbocycles. The first-order valence-electron chi connectivity index (χ1n) is 7.58. The van der Waals surface area contributed by atoms with Gasteiger partial charge in [-0.2, -0.15) is 0 Å². The molecule has 0 amide bonds. The molecule has 3 rings (SSSR count). The molecule has 1 saturated heterocycles. The number of nitrogens with one attached hydrogen (secondary N) is 1. The first-order chi connectivity index (χ1) is 9.86. The highest BCUT2D eigenvalue weighted by atomic mass is 16.5. The molecule has 2 heterocycles. The van der Waals surface area contributed by atoms with Crippen LogP contribution in [0.25, 0.3) is 0 Å². The van der Waals surface area contributed by atoms with Crippen molar-refractivity contribution in [3.05, 3.63) is 29.3 Å². The highest BCUT2D eigenvalue weighted by molar-refractivity contribution is 5.39. The van der Waals surface area contributed by atoms with Crippen molar-refractivity contribution < 1.29 is 9.47 Å². The van der Waals surface area contributed by atoms with E-state index in [2.05, 4.69) is 28.4 Å². The van der Waals surface area contributed by atoms with E-state index in [1.54, 1.807) is 0 Å². The van der Waals surface area contributed by atoms with Crippen molar-refractivity contribution in [3.8, 4) is 5.75 Å². The first kappa shape index (κ1) is 13.9. The molecule has 1 atom stereocenters. The molecule has 1 fully saturated rings. The molecule has 0 aromatic heterocycles. The van der Waals surface area contributed by atoms with Gasteiger partial charge < -0.3 is 14.8 Å². The van der Waals surface area contributed by atoms with Gasteiger partial charge in [-0.3, -0.25) is 4.90 Å². The Morgan fingerprint density at radius 1 is 1.35 bits per heavy atom. The SMILES string of the molecule is CNCC1COCCN1CCc1ccc2c(c1)CCO2. The van der Waals surface area contributed by atoms with Crippen molar-refractivity contribution in [2.75, 3.05) is 46.5 Å². The topological polar surface area (TPSA) is 33.7 Å². The summed E-state index contributed by atoms with van der Waals surface area (Å²) < 4.78 is 11.1. The minimum Gasteiger partial charge on any atom is -0.493 e. The number of benzene rings is 1. The van der Waals surface area contributed by atoms with E-state index in [-0.39, 0.29) is 0 Å². The summed E-state index contributed by atoms with van der Waals surface area (Å²) in [5, 5.41) is 3.26. The number of nitrogens with zero attached hydrogens (tertiary/aromatic N) is 1. The molecule has 0 saturated carbocycles. The minimum absolute atomic E-state index is 0.506. The van der Waals surface area contributed by atoms with Crippen LogP contribution >= 0.6 is 0 Å². The molecule has 1 N–H and O–H groups in total. The molecule has 0 radical (unpaired) electrons. The van der Waals surface area contributed by atoms with Crippen LogP contribution < -0.4 is 10.1 Å². The van der Waals surface area contributed by atoms with Crippen LogP contribution in [0, 0.1) is 0 Å². The maximum absolute atomic E-state index is 5.58. The van der Waals surface area contributed by atoms with Gasteiger partial charge in [-0.05, 0) is 30.7 Å². The van der Waals surface area contributed by atoms with Gasteiger partial charge in [0.15, 0.2) is 0 Å². The Labute approximate surface area is 121 Å². The molecule has 4 nitrogen and oxygen atoms in total. The van der Waals surface area contributed by atoms with Crippen LogP contribution in [0.15, 0.2) is 18.2 Å². The molecule has 2 aliphatic heterocycles. The molecule has 0 bridgehead atoms. The summed E-state index contributed by atoms with van der Waals surface area (Å²) in [6.07, 6.45) is 2.16. The van der Waals surface area contributed by atoms with Gasteiger partial charge in [-0.1, -0.05) is 12.1 Å². The zero-order valence-electron chi connectivity index (χ0n) is 12.2. The number of ether oxygens (including phenoxy) is 2. The zero-order valence-corrected chi connectivity index (χ0v) is 12.2.